The smallest absolute Gasteiger partial charge is 0.305 e. The number of amides is 2. The lowest BCUT2D eigenvalue weighted by atomic mass is 10.1. The molecule has 0 fully saturated rings. The lowest BCUT2D eigenvalue weighted by Gasteiger charge is -2.08. The second kappa shape index (κ2) is 8.62. The van der Waals surface area contributed by atoms with Crippen molar-refractivity contribution in [1.29, 1.82) is 0 Å². The third-order valence-corrected chi connectivity index (χ3v) is 3.55. The molecule has 0 aliphatic rings. The van der Waals surface area contributed by atoms with Gasteiger partial charge in [-0.2, -0.15) is 5.10 Å². The molecule has 0 spiro atoms. The van der Waals surface area contributed by atoms with Crippen LogP contribution in [0.1, 0.15) is 22.5 Å². The molecule has 1 aromatic carbocycles. The second-order valence-corrected chi connectivity index (χ2v) is 5.34. The average molecular weight is 344 g/mol. The molecule has 8 heteroatoms. The van der Waals surface area contributed by atoms with E-state index in [1.807, 2.05) is 12.1 Å². The maximum atomic E-state index is 11.9. The Balaban J connectivity index is 1.79. The topological polar surface area (TPSA) is 102 Å². The van der Waals surface area contributed by atoms with Gasteiger partial charge in [0, 0.05) is 25.4 Å². The zero-order valence-corrected chi connectivity index (χ0v) is 14.1. The van der Waals surface area contributed by atoms with E-state index in [0.29, 0.717) is 24.2 Å². The van der Waals surface area contributed by atoms with Crippen molar-refractivity contribution in [2.45, 2.75) is 12.8 Å². The number of nitrogens with zero attached hydrogens (tertiary/aromatic N) is 2. The molecule has 0 unspecified atom stereocenters. The van der Waals surface area contributed by atoms with Crippen LogP contribution in [0.25, 0.3) is 0 Å². The van der Waals surface area contributed by atoms with Crippen molar-refractivity contribution in [3.63, 3.8) is 0 Å². The molecule has 1 heterocycles. The second-order valence-electron chi connectivity index (χ2n) is 5.34. The van der Waals surface area contributed by atoms with Crippen molar-refractivity contribution in [3.8, 4) is 0 Å². The van der Waals surface area contributed by atoms with Crippen molar-refractivity contribution < 1.29 is 19.1 Å². The van der Waals surface area contributed by atoms with E-state index in [1.165, 1.54) is 18.0 Å². The van der Waals surface area contributed by atoms with Gasteiger partial charge in [-0.25, -0.2) is 0 Å². The molecule has 8 nitrogen and oxygen atoms in total. The summed E-state index contributed by atoms with van der Waals surface area (Å²) in [5.74, 6) is -0.965. The molecule has 1 aromatic heterocycles. The molecule has 2 N–H and O–H groups in total. The summed E-state index contributed by atoms with van der Waals surface area (Å²) in [7, 11) is 3.00. The molecule has 0 atom stereocenters. The van der Waals surface area contributed by atoms with Crippen LogP contribution in [0.2, 0.25) is 0 Å². The number of nitrogens with one attached hydrogen (secondary N) is 2. The van der Waals surface area contributed by atoms with Gasteiger partial charge in [0.1, 0.15) is 5.69 Å². The fourth-order valence-corrected chi connectivity index (χ4v) is 2.16. The SMILES string of the molecule is COC(=O)CCc1ccc(NC(=O)CNC(=O)c2ccnn2C)cc1. The summed E-state index contributed by atoms with van der Waals surface area (Å²) in [6.07, 6.45) is 2.39. The van der Waals surface area contributed by atoms with Crippen LogP contribution in [0.15, 0.2) is 36.5 Å². The normalized spacial score (nSPS) is 10.2. The Kier molecular flexibility index (Phi) is 6.27. The van der Waals surface area contributed by atoms with E-state index in [0.717, 1.165) is 5.56 Å². The maximum Gasteiger partial charge on any atom is 0.305 e. The highest BCUT2D eigenvalue weighted by Crippen LogP contribution is 2.11. The molecule has 132 valence electrons. The van der Waals surface area contributed by atoms with E-state index >= 15 is 0 Å². The Morgan fingerprint density at radius 3 is 2.48 bits per heavy atom. The molecular formula is C17H20N4O4. The van der Waals surface area contributed by atoms with E-state index in [4.69, 9.17) is 0 Å². The summed E-state index contributed by atoms with van der Waals surface area (Å²) in [5.41, 5.74) is 1.96. The lowest BCUT2D eigenvalue weighted by Crippen LogP contribution is -2.33. The van der Waals surface area contributed by atoms with Crippen molar-refractivity contribution in [1.82, 2.24) is 15.1 Å². The number of esters is 1. The number of carbonyl (C=O) groups is 3. The van der Waals surface area contributed by atoms with Gasteiger partial charge in [0.05, 0.1) is 13.7 Å². The van der Waals surface area contributed by atoms with Gasteiger partial charge in [0.15, 0.2) is 0 Å². The summed E-state index contributed by atoms with van der Waals surface area (Å²) in [4.78, 5) is 34.9. The van der Waals surface area contributed by atoms with Crippen LogP contribution in [0.5, 0.6) is 0 Å². The fraction of sp³-hybridized carbons (Fsp3) is 0.294. The zero-order valence-electron chi connectivity index (χ0n) is 14.1. The molecule has 2 rings (SSSR count). The summed E-state index contributed by atoms with van der Waals surface area (Å²) >= 11 is 0. The van der Waals surface area contributed by atoms with Gasteiger partial charge < -0.3 is 15.4 Å². The fourth-order valence-electron chi connectivity index (χ4n) is 2.16. The predicted molar refractivity (Wildman–Crippen MR) is 90.9 cm³/mol. The number of carbonyl (C=O) groups excluding carboxylic acids is 3. The molecule has 25 heavy (non-hydrogen) atoms. The molecule has 0 aliphatic heterocycles. The number of anilines is 1. The maximum absolute atomic E-state index is 11.9. The highest BCUT2D eigenvalue weighted by Gasteiger charge is 2.11. The van der Waals surface area contributed by atoms with Crippen LogP contribution >= 0.6 is 0 Å². The third kappa shape index (κ3) is 5.45. The van der Waals surface area contributed by atoms with Crippen LogP contribution in [0.4, 0.5) is 5.69 Å². The van der Waals surface area contributed by atoms with E-state index in [2.05, 4.69) is 20.5 Å². The molecular weight excluding hydrogens is 324 g/mol. The largest absolute Gasteiger partial charge is 0.469 e. The molecule has 0 aliphatic carbocycles. The van der Waals surface area contributed by atoms with Crippen molar-refractivity contribution in [2.75, 3.05) is 19.0 Å². The van der Waals surface area contributed by atoms with E-state index < -0.39 is 0 Å². The van der Waals surface area contributed by atoms with Gasteiger partial charge in [-0.1, -0.05) is 12.1 Å². The van der Waals surface area contributed by atoms with E-state index in [-0.39, 0.29) is 24.3 Å². The average Bonchev–Trinajstić information content (AvgIpc) is 3.04. The highest BCUT2D eigenvalue weighted by atomic mass is 16.5. The summed E-state index contributed by atoms with van der Waals surface area (Å²) in [6, 6.07) is 8.71. The first kappa shape index (κ1) is 18.2. The molecule has 0 radical (unpaired) electrons. The monoisotopic (exact) mass is 344 g/mol. The minimum absolute atomic E-state index is 0.145. The molecule has 0 bridgehead atoms. The van der Waals surface area contributed by atoms with E-state index in [9.17, 15) is 14.4 Å². The number of aromatic nitrogens is 2. The predicted octanol–water partition coefficient (Wildman–Crippen LogP) is 0.894. The number of rotatable bonds is 7. The number of hydrogen-bond acceptors (Lipinski definition) is 5. The van der Waals surface area contributed by atoms with Gasteiger partial charge in [-0.3, -0.25) is 19.1 Å². The van der Waals surface area contributed by atoms with Crippen LogP contribution < -0.4 is 10.6 Å². The van der Waals surface area contributed by atoms with Crippen LogP contribution in [0, 0.1) is 0 Å². The summed E-state index contributed by atoms with van der Waals surface area (Å²) in [5, 5.41) is 9.12. The number of hydrogen-bond donors (Lipinski definition) is 2. The van der Waals surface area contributed by atoms with Crippen molar-refractivity contribution in [2.24, 2.45) is 7.05 Å². The summed E-state index contributed by atoms with van der Waals surface area (Å²) in [6.45, 7) is -0.145. The first-order chi connectivity index (χ1) is 12.0. The Bertz CT molecular complexity index is 752. The van der Waals surface area contributed by atoms with Crippen LogP contribution in [0.3, 0.4) is 0 Å². The third-order valence-electron chi connectivity index (χ3n) is 3.55. The Labute approximate surface area is 145 Å². The number of benzene rings is 1. The molecule has 2 aromatic rings. The van der Waals surface area contributed by atoms with Crippen LogP contribution in [-0.4, -0.2) is 41.2 Å². The Hall–Kier alpha value is -3.16. The van der Waals surface area contributed by atoms with Gasteiger partial charge in [0.2, 0.25) is 5.91 Å². The lowest BCUT2D eigenvalue weighted by molar-refractivity contribution is -0.140. The number of aryl methyl sites for hydroxylation is 2. The zero-order chi connectivity index (χ0) is 18.2. The van der Waals surface area contributed by atoms with Crippen molar-refractivity contribution in [3.05, 3.63) is 47.8 Å². The van der Waals surface area contributed by atoms with Crippen molar-refractivity contribution >= 4 is 23.5 Å². The standard InChI is InChI=1S/C17H20N4O4/c1-21-14(9-10-19-21)17(24)18-11-15(22)20-13-6-3-12(4-7-13)5-8-16(23)25-2/h3-4,6-7,9-10H,5,8,11H2,1-2H3,(H,18,24)(H,20,22). The minimum Gasteiger partial charge on any atom is -0.469 e. The molecule has 0 saturated carbocycles. The van der Waals surface area contributed by atoms with Gasteiger partial charge in [-0.15, -0.1) is 0 Å². The van der Waals surface area contributed by atoms with Gasteiger partial charge >= 0.3 is 5.97 Å². The van der Waals surface area contributed by atoms with Gasteiger partial charge in [0.25, 0.3) is 5.91 Å². The first-order valence-corrected chi connectivity index (χ1v) is 7.71. The molecule has 0 saturated heterocycles. The minimum atomic E-state index is -0.367. The van der Waals surface area contributed by atoms with Gasteiger partial charge in [-0.05, 0) is 30.2 Å². The first-order valence-electron chi connectivity index (χ1n) is 7.71. The number of methoxy groups -OCH3 is 1. The Morgan fingerprint density at radius 1 is 1.16 bits per heavy atom. The Morgan fingerprint density at radius 2 is 1.88 bits per heavy atom. The molecule has 2 amide bonds. The quantitative estimate of drug-likeness (QED) is 0.727. The van der Waals surface area contributed by atoms with Crippen LogP contribution in [-0.2, 0) is 27.8 Å². The summed E-state index contributed by atoms with van der Waals surface area (Å²) < 4.78 is 6.02. The highest BCUT2D eigenvalue weighted by molar-refractivity contribution is 5.98. The van der Waals surface area contributed by atoms with E-state index in [1.54, 1.807) is 25.2 Å². The number of ether oxygens (including phenoxy) is 1.